The normalized spacial score (nSPS) is 11.6. The molecular weight excluding hydrogens is 324 g/mol. The fraction of sp³-hybridized carbons (Fsp3) is 0.389. The van der Waals surface area contributed by atoms with Gasteiger partial charge in [-0.15, -0.1) is 0 Å². The van der Waals surface area contributed by atoms with Crippen molar-refractivity contribution >= 4 is 17.7 Å². The van der Waals surface area contributed by atoms with Crippen molar-refractivity contribution in [1.82, 2.24) is 5.16 Å². The molecule has 1 N–H and O–H groups in total. The summed E-state index contributed by atoms with van der Waals surface area (Å²) >= 11 is 0. The van der Waals surface area contributed by atoms with Crippen molar-refractivity contribution in [2.24, 2.45) is 5.92 Å². The number of anilines is 1. The number of nitrogens with zero attached hydrogens (tertiary/aromatic N) is 1. The number of ether oxygens (including phenoxy) is 2. The number of hydrogen-bond donors (Lipinski definition) is 1. The van der Waals surface area contributed by atoms with Gasteiger partial charge in [-0.05, 0) is 30.5 Å². The Kier molecular flexibility index (Phi) is 6.56. The highest BCUT2D eigenvalue weighted by atomic mass is 16.5. The number of aryl methyl sites for hydroxylation is 1. The molecule has 0 saturated heterocycles. The third-order valence-corrected chi connectivity index (χ3v) is 3.47. The van der Waals surface area contributed by atoms with Gasteiger partial charge in [0.05, 0.1) is 20.1 Å². The average molecular weight is 346 g/mol. The van der Waals surface area contributed by atoms with Gasteiger partial charge in [0.15, 0.2) is 5.82 Å². The van der Waals surface area contributed by atoms with Gasteiger partial charge in [-0.25, -0.2) is 0 Å². The van der Waals surface area contributed by atoms with Crippen LogP contribution in [0.15, 0.2) is 34.9 Å². The Bertz CT molecular complexity index is 709. The maximum atomic E-state index is 11.9. The van der Waals surface area contributed by atoms with E-state index >= 15 is 0 Å². The average Bonchev–Trinajstić information content (AvgIpc) is 2.98. The van der Waals surface area contributed by atoms with Crippen LogP contribution in [0.3, 0.4) is 0 Å². The van der Waals surface area contributed by atoms with E-state index in [1.165, 1.54) is 0 Å². The zero-order chi connectivity index (χ0) is 18.2. The summed E-state index contributed by atoms with van der Waals surface area (Å²) in [6.45, 7) is 3.77. The number of aromatic nitrogens is 1. The lowest BCUT2D eigenvalue weighted by Crippen LogP contribution is -2.20. The maximum Gasteiger partial charge on any atom is 0.310 e. The molecule has 1 amide bonds. The summed E-state index contributed by atoms with van der Waals surface area (Å²) in [5, 5.41) is 6.33. The third kappa shape index (κ3) is 6.29. The lowest BCUT2D eigenvalue weighted by atomic mass is 10.1. The highest BCUT2D eigenvalue weighted by Gasteiger charge is 2.14. The minimum absolute atomic E-state index is 0.104. The molecule has 1 atom stereocenters. The smallest absolute Gasteiger partial charge is 0.310 e. The van der Waals surface area contributed by atoms with Gasteiger partial charge in [-0.3, -0.25) is 9.59 Å². The summed E-state index contributed by atoms with van der Waals surface area (Å²) in [7, 11) is 1.59. The van der Waals surface area contributed by atoms with E-state index in [1.807, 2.05) is 19.1 Å². The lowest BCUT2D eigenvalue weighted by Gasteiger charge is -2.11. The van der Waals surface area contributed by atoms with E-state index in [2.05, 4.69) is 10.5 Å². The molecule has 0 saturated carbocycles. The standard InChI is InChI=1S/C18H22N2O5/c1-12(8-17(21)19-16-9-13(2)25-20-16)11-24-18(22)10-14-4-6-15(23-3)7-5-14/h4-7,9,12H,8,10-11H2,1-3H3,(H,19,20,21). The molecule has 1 aromatic carbocycles. The molecular formula is C18H22N2O5. The monoisotopic (exact) mass is 346 g/mol. The van der Waals surface area contributed by atoms with Crippen molar-refractivity contribution in [2.75, 3.05) is 19.0 Å². The van der Waals surface area contributed by atoms with Crippen LogP contribution < -0.4 is 10.1 Å². The second-order valence-corrected chi connectivity index (χ2v) is 5.89. The van der Waals surface area contributed by atoms with Crippen LogP contribution in [0, 0.1) is 12.8 Å². The van der Waals surface area contributed by atoms with Crippen molar-refractivity contribution < 1.29 is 23.6 Å². The van der Waals surface area contributed by atoms with Gasteiger partial charge >= 0.3 is 5.97 Å². The zero-order valence-corrected chi connectivity index (χ0v) is 14.6. The zero-order valence-electron chi connectivity index (χ0n) is 14.6. The Labute approximate surface area is 146 Å². The van der Waals surface area contributed by atoms with Crippen LogP contribution in [0.2, 0.25) is 0 Å². The largest absolute Gasteiger partial charge is 0.497 e. The number of carbonyl (C=O) groups excluding carboxylic acids is 2. The van der Waals surface area contributed by atoms with E-state index in [0.717, 1.165) is 11.3 Å². The number of esters is 1. The molecule has 0 aliphatic heterocycles. The quantitative estimate of drug-likeness (QED) is 0.739. The van der Waals surface area contributed by atoms with E-state index in [0.29, 0.717) is 11.6 Å². The molecule has 2 rings (SSSR count). The fourth-order valence-electron chi connectivity index (χ4n) is 2.19. The number of nitrogens with one attached hydrogen (secondary N) is 1. The Balaban J connectivity index is 1.70. The number of carbonyl (C=O) groups is 2. The summed E-state index contributed by atoms with van der Waals surface area (Å²) in [6.07, 6.45) is 0.406. The van der Waals surface area contributed by atoms with Gasteiger partial charge in [-0.1, -0.05) is 24.2 Å². The highest BCUT2D eigenvalue weighted by molar-refractivity contribution is 5.89. The number of amides is 1. The second-order valence-electron chi connectivity index (χ2n) is 5.89. The van der Waals surface area contributed by atoms with Crippen LogP contribution in [0.25, 0.3) is 0 Å². The van der Waals surface area contributed by atoms with Crippen LogP contribution in [-0.2, 0) is 20.7 Å². The first-order chi connectivity index (χ1) is 12.0. The Morgan fingerprint density at radius 3 is 2.60 bits per heavy atom. The first-order valence-electron chi connectivity index (χ1n) is 7.98. The molecule has 7 nitrogen and oxygen atoms in total. The summed E-state index contributed by atoms with van der Waals surface area (Å²) < 4.78 is 15.2. The van der Waals surface area contributed by atoms with E-state index in [1.54, 1.807) is 32.2 Å². The molecule has 1 unspecified atom stereocenters. The minimum atomic E-state index is -0.329. The number of benzene rings is 1. The fourth-order valence-corrected chi connectivity index (χ4v) is 2.19. The summed E-state index contributed by atoms with van der Waals surface area (Å²) in [6, 6.07) is 8.85. The van der Waals surface area contributed by atoms with Crippen LogP contribution in [-0.4, -0.2) is 30.7 Å². The summed E-state index contributed by atoms with van der Waals surface area (Å²) in [4.78, 5) is 23.8. The van der Waals surface area contributed by atoms with Crippen LogP contribution in [0.4, 0.5) is 5.82 Å². The van der Waals surface area contributed by atoms with Gasteiger partial charge < -0.3 is 19.3 Å². The first kappa shape index (κ1) is 18.5. The van der Waals surface area contributed by atoms with E-state index in [9.17, 15) is 9.59 Å². The molecule has 2 aromatic rings. The third-order valence-electron chi connectivity index (χ3n) is 3.47. The second kappa shape index (κ2) is 8.86. The van der Waals surface area contributed by atoms with Crippen LogP contribution >= 0.6 is 0 Å². The first-order valence-corrected chi connectivity index (χ1v) is 7.98. The molecule has 0 bridgehead atoms. The van der Waals surface area contributed by atoms with E-state index < -0.39 is 0 Å². The van der Waals surface area contributed by atoms with Gasteiger partial charge in [0.1, 0.15) is 11.5 Å². The van der Waals surface area contributed by atoms with Crippen molar-refractivity contribution in [1.29, 1.82) is 0 Å². The topological polar surface area (TPSA) is 90.7 Å². The molecule has 1 aromatic heterocycles. The minimum Gasteiger partial charge on any atom is -0.497 e. The van der Waals surface area contributed by atoms with E-state index in [-0.39, 0.29) is 37.2 Å². The molecule has 0 fully saturated rings. The predicted octanol–water partition coefficient (Wildman–Crippen LogP) is 2.74. The molecule has 0 aliphatic rings. The van der Waals surface area contributed by atoms with Gasteiger partial charge in [-0.2, -0.15) is 0 Å². The summed E-state index contributed by atoms with van der Waals surface area (Å²) in [5.74, 6) is 1.10. The van der Waals surface area contributed by atoms with Crippen molar-refractivity contribution in [3.05, 3.63) is 41.7 Å². The molecule has 134 valence electrons. The maximum absolute atomic E-state index is 11.9. The Morgan fingerprint density at radius 2 is 2.00 bits per heavy atom. The molecule has 0 spiro atoms. The predicted molar refractivity (Wildman–Crippen MR) is 91.3 cm³/mol. The lowest BCUT2D eigenvalue weighted by molar-refractivity contribution is -0.144. The van der Waals surface area contributed by atoms with Gasteiger partial charge in [0.2, 0.25) is 5.91 Å². The molecule has 1 heterocycles. The molecule has 25 heavy (non-hydrogen) atoms. The Morgan fingerprint density at radius 1 is 1.28 bits per heavy atom. The number of methoxy groups -OCH3 is 1. The van der Waals surface area contributed by atoms with E-state index in [4.69, 9.17) is 14.0 Å². The van der Waals surface area contributed by atoms with Crippen molar-refractivity contribution in [2.45, 2.75) is 26.7 Å². The SMILES string of the molecule is COc1ccc(CC(=O)OCC(C)CC(=O)Nc2cc(C)on2)cc1. The van der Waals surface area contributed by atoms with Crippen molar-refractivity contribution in [3.8, 4) is 5.75 Å². The van der Waals surface area contributed by atoms with Crippen molar-refractivity contribution in [3.63, 3.8) is 0 Å². The van der Waals surface area contributed by atoms with Crippen LogP contribution in [0.1, 0.15) is 24.7 Å². The number of hydrogen-bond acceptors (Lipinski definition) is 6. The Hall–Kier alpha value is -2.83. The highest BCUT2D eigenvalue weighted by Crippen LogP contribution is 2.13. The number of rotatable bonds is 8. The van der Waals surface area contributed by atoms with Crippen LogP contribution in [0.5, 0.6) is 5.75 Å². The van der Waals surface area contributed by atoms with Gasteiger partial charge in [0.25, 0.3) is 0 Å². The molecule has 7 heteroatoms. The molecule has 0 aliphatic carbocycles. The summed E-state index contributed by atoms with van der Waals surface area (Å²) in [5.41, 5.74) is 0.845. The molecule has 0 radical (unpaired) electrons. The van der Waals surface area contributed by atoms with Gasteiger partial charge in [0, 0.05) is 12.5 Å².